The standard InChI is InChI=1S/C12H10Cl3N3O/c1-2-18-6-10(15)11(17-18)12(19)16-7-3-4-8(13)9(14)5-7/h3-6H,2H2,1H3,(H,16,19). The number of nitrogens with one attached hydrogen (secondary N) is 1. The summed E-state index contributed by atoms with van der Waals surface area (Å²) >= 11 is 17.6. The molecule has 0 saturated carbocycles. The number of rotatable bonds is 3. The molecule has 0 fully saturated rings. The molecule has 1 heterocycles. The second-order valence-electron chi connectivity index (χ2n) is 3.76. The van der Waals surface area contributed by atoms with Crippen molar-refractivity contribution in [2.45, 2.75) is 13.5 Å². The van der Waals surface area contributed by atoms with Gasteiger partial charge in [-0.1, -0.05) is 34.8 Å². The van der Waals surface area contributed by atoms with Crippen LogP contribution in [0.2, 0.25) is 15.1 Å². The van der Waals surface area contributed by atoms with Crippen molar-refractivity contribution in [1.29, 1.82) is 0 Å². The van der Waals surface area contributed by atoms with Crippen LogP contribution in [0.15, 0.2) is 24.4 Å². The molecule has 0 aliphatic rings. The molecule has 0 atom stereocenters. The van der Waals surface area contributed by atoms with Gasteiger partial charge in [0.1, 0.15) is 0 Å². The monoisotopic (exact) mass is 317 g/mol. The van der Waals surface area contributed by atoms with Gasteiger partial charge in [-0.15, -0.1) is 0 Å². The molecular weight excluding hydrogens is 309 g/mol. The van der Waals surface area contributed by atoms with E-state index in [1.165, 1.54) is 0 Å². The van der Waals surface area contributed by atoms with Gasteiger partial charge in [0.05, 0.1) is 15.1 Å². The minimum absolute atomic E-state index is 0.176. The van der Waals surface area contributed by atoms with Gasteiger partial charge >= 0.3 is 0 Å². The second kappa shape index (κ2) is 5.82. The van der Waals surface area contributed by atoms with Crippen molar-refractivity contribution in [3.05, 3.63) is 45.2 Å². The number of benzene rings is 1. The summed E-state index contributed by atoms with van der Waals surface area (Å²) in [5, 5.41) is 7.83. The lowest BCUT2D eigenvalue weighted by Crippen LogP contribution is -2.13. The molecule has 0 bridgehead atoms. The first-order valence-corrected chi connectivity index (χ1v) is 6.64. The molecule has 1 aromatic heterocycles. The van der Waals surface area contributed by atoms with Crippen molar-refractivity contribution in [2.75, 3.05) is 5.32 Å². The Morgan fingerprint density at radius 3 is 2.58 bits per heavy atom. The fourth-order valence-electron chi connectivity index (χ4n) is 1.48. The third kappa shape index (κ3) is 3.21. The van der Waals surface area contributed by atoms with E-state index in [2.05, 4.69) is 10.4 Å². The minimum Gasteiger partial charge on any atom is -0.320 e. The first-order valence-electron chi connectivity index (χ1n) is 5.50. The smallest absolute Gasteiger partial charge is 0.277 e. The van der Waals surface area contributed by atoms with E-state index in [9.17, 15) is 4.79 Å². The van der Waals surface area contributed by atoms with Crippen LogP contribution in [0.4, 0.5) is 5.69 Å². The van der Waals surface area contributed by atoms with Crippen molar-refractivity contribution >= 4 is 46.4 Å². The number of carbonyl (C=O) groups excluding carboxylic acids is 1. The highest BCUT2D eigenvalue weighted by Gasteiger charge is 2.15. The van der Waals surface area contributed by atoms with Crippen molar-refractivity contribution in [2.24, 2.45) is 0 Å². The molecule has 1 amide bonds. The van der Waals surface area contributed by atoms with Crippen LogP contribution in [0.5, 0.6) is 0 Å². The van der Waals surface area contributed by atoms with Gasteiger partial charge in [0.25, 0.3) is 5.91 Å². The quantitative estimate of drug-likeness (QED) is 0.925. The largest absolute Gasteiger partial charge is 0.320 e. The normalized spacial score (nSPS) is 10.5. The van der Waals surface area contributed by atoms with Crippen molar-refractivity contribution in [1.82, 2.24) is 9.78 Å². The Kier molecular flexibility index (Phi) is 4.34. The maximum absolute atomic E-state index is 12.0. The summed E-state index contributed by atoms with van der Waals surface area (Å²) in [5.74, 6) is -0.393. The fourth-order valence-corrected chi connectivity index (χ4v) is 2.01. The number of amides is 1. The van der Waals surface area contributed by atoms with Crippen LogP contribution in [-0.2, 0) is 6.54 Å². The lowest BCUT2D eigenvalue weighted by Gasteiger charge is -2.04. The Labute approximate surface area is 125 Å². The highest BCUT2D eigenvalue weighted by atomic mass is 35.5. The molecule has 1 N–H and O–H groups in total. The van der Waals surface area contributed by atoms with Gasteiger partial charge in [-0.2, -0.15) is 5.10 Å². The summed E-state index contributed by atoms with van der Waals surface area (Å²) in [6.07, 6.45) is 1.60. The van der Waals surface area contributed by atoms with Crippen LogP contribution in [0.3, 0.4) is 0 Å². The average molecular weight is 319 g/mol. The number of carbonyl (C=O) groups is 1. The van der Waals surface area contributed by atoms with E-state index in [0.29, 0.717) is 27.3 Å². The molecular formula is C12H10Cl3N3O. The van der Waals surface area contributed by atoms with E-state index in [1.807, 2.05) is 6.92 Å². The number of aryl methyl sites for hydroxylation is 1. The van der Waals surface area contributed by atoms with Gasteiger partial charge < -0.3 is 5.32 Å². The molecule has 0 saturated heterocycles. The summed E-state index contributed by atoms with van der Waals surface area (Å²) < 4.78 is 1.59. The predicted octanol–water partition coefficient (Wildman–Crippen LogP) is 4.12. The maximum Gasteiger partial charge on any atom is 0.277 e. The summed E-state index contributed by atoms with van der Waals surface area (Å²) in [6.45, 7) is 2.55. The zero-order valence-electron chi connectivity index (χ0n) is 9.95. The molecule has 19 heavy (non-hydrogen) atoms. The average Bonchev–Trinajstić information content (AvgIpc) is 2.75. The highest BCUT2D eigenvalue weighted by molar-refractivity contribution is 6.42. The van der Waals surface area contributed by atoms with Gasteiger partial charge in [0, 0.05) is 18.4 Å². The number of anilines is 1. The van der Waals surface area contributed by atoms with Crippen LogP contribution >= 0.6 is 34.8 Å². The van der Waals surface area contributed by atoms with Gasteiger partial charge in [-0.25, -0.2) is 0 Å². The molecule has 0 unspecified atom stereocenters. The zero-order chi connectivity index (χ0) is 14.0. The molecule has 0 spiro atoms. The van der Waals surface area contributed by atoms with Crippen molar-refractivity contribution in [3.8, 4) is 0 Å². The number of hydrogen-bond acceptors (Lipinski definition) is 2. The molecule has 2 rings (SSSR count). The van der Waals surface area contributed by atoms with Gasteiger partial charge in [0.2, 0.25) is 0 Å². The van der Waals surface area contributed by atoms with E-state index in [0.717, 1.165) is 0 Å². The Morgan fingerprint density at radius 2 is 2.00 bits per heavy atom. The van der Waals surface area contributed by atoms with Gasteiger partial charge in [-0.05, 0) is 25.1 Å². The molecule has 0 aliphatic heterocycles. The molecule has 0 aliphatic carbocycles. The molecule has 4 nitrogen and oxygen atoms in total. The van der Waals surface area contributed by atoms with E-state index in [4.69, 9.17) is 34.8 Å². The second-order valence-corrected chi connectivity index (χ2v) is 4.99. The molecule has 1 aromatic carbocycles. The summed E-state index contributed by atoms with van der Waals surface area (Å²) in [5.41, 5.74) is 0.705. The summed E-state index contributed by atoms with van der Waals surface area (Å²) in [7, 11) is 0. The Balaban J connectivity index is 2.20. The highest BCUT2D eigenvalue weighted by Crippen LogP contribution is 2.25. The number of aromatic nitrogens is 2. The van der Waals surface area contributed by atoms with Gasteiger partial charge in [-0.3, -0.25) is 9.48 Å². The van der Waals surface area contributed by atoms with E-state index >= 15 is 0 Å². The van der Waals surface area contributed by atoms with Gasteiger partial charge in [0.15, 0.2) is 5.69 Å². The first-order chi connectivity index (χ1) is 9.01. The molecule has 100 valence electrons. The SMILES string of the molecule is CCn1cc(Cl)c(C(=O)Nc2ccc(Cl)c(Cl)c2)n1. The Bertz CT molecular complexity index is 625. The fraction of sp³-hybridized carbons (Fsp3) is 0.167. The topological polar surface area (TPSA) is 46.9 Å². The Morgan fingerprint density at radius 1 is 1.26 bits per heavy atom. The third-order valence-corrected chi connectivity index (χ3v) is 3.45. The van der Waals surface area contributed by atoms with Crippen LogP contribution in [0.25, 0.3) is 0 Å². The maximum atomic E-state index is 12.0. The Hall–Kier alpha value is -1.23. The zero-order valence-corrected chi connectivity index (χ0v) is 12.2. The van der Waals surface area contributed by atoms with Crippen LogP contribution < -0.4 is 5.32 Å². The number of halogens is 3. The van der Waals surface area contributed by atoms with Crippen molar-refractivity contribution in [3.63, 3.8) is 0 Å². The van der Waals surface area contributed by atoms with E-state index < -0.39 is 5.91 Å². The molecule has 0 radical (unpaired) electrons. The summed E-state index contributed by atoms with van der Waals surface area (Å²) in [6, 6.07) is 4.81. The lowest BCUT2D eigenvalue weighted by molar-refractivity contribution is 0.102. The van der Waals surface area contributed by atoms with E-state index in [1.54, 1.807) is 29.1 Å². The van der Waals surface area contributed by atoms with Crippen molar-refractivity contribution < 1.29 is 4.79 Å². The van der Waals surface area contributed by atoms with Crippen LogP contribution in [-0.4, -0.2) is 15.7 Å². The van der Waals surface area contributed by atoms with E-state index in [-0.39, 0.29) is 5.69 Å². The molecule has 7 heteroatoms. The number of nitrogens with zero attached hydrogens (tertiary/aromatic N) is 2. The van der Waals surface area contributed by atoms with Crippen LogP contribution in [0, 0.1) is 0 Å². The van der Waals surface area contributed by atoms with Crippen LogP contribution in [0.1, 0.15) is 17.4 Å². The minimum atomic E-state index is -0.393. The lowest BCUT2D eigenvalue weighted by atomic mass is 10.3. The first kappa shape index (κ1) is 14.2. The molecule has 2 aromatic rings. The third-order valence-electron chi connectivity index (χ3n) is 2.43. The predicted molar refractivity (Wildman–Crippen MR) is 77.3 cm³/mol. The summed E-state index contributed by atoms with van der Waals surface area (Å²) in [4.78, 5) is 12.0. The number of hydrogen-bond donors (Lipinski definition) is 1.